The third kappa shape index (κ3) is 4.58. The Labute approximate surface area is 159 Å². The molecule has 0 radical (unpaired) electrons. The van der Waals surface area contributed by atoms with E-state index in [1.54, 1.807) is 7.11 Å². The van der Waals surface area contributed by atoms with Crippen LogP contribution in [0, 0.1) is 0 Å². The molecule has 1 heterocycles. The predicted molar refractivity (Wildman–Crippen MR) is 107 cm³/mol. The summed E-state index contributed by atoms with van der Waals surface area (Å²) < 4.78 is 17.1. The van der Waals surface area contributed by atoms with Crippen LogP contribution in [0.2, 0.25) is 0 Å². The number of anilines is 1. The smallest absolute Gasteiger partial charge is 0.173 e. The Bertz CT molecular complexity index is 736. The van der Waals surface area contributed by atoms with E-state index in [9.17, 15) is 0 Å². The lowest BCUT2D eigenvalue weighted by Gasteiger charge is -2.32. The molecule has 0 saturated heterocycles. The number of hydrogen-bond acceptors (Lipinski definition) is 4. The normalized spacial score (nSPS) is 15.2. The third-order valence-electron chi connectivity index (χ3n) is 4.11. The first-order valence-electron chi connectivity index (χ1n) is 8.78. The number of thiocarbonyl (C=S) groups is 1. The Balaban J connectivity index is 1.62. The Morgan fingerprint density at radius 2 is 1.92 bits per heavy atom. The summed E-state index contributed by atoms with van der Waals surface area (Å²) in [5.41, 5.74) is 0.933. The molecule has 1 aliphatic rings. The first kappa shape index (κ1) is 18.3. The van der Waals surface area contributed by atoms with Crippen LogP contribution in [-0.4, -0.2) is 42.9 Å². The lowest BCUT2D eigenvalue weighted by molar-refractivity contribution is 0.0746. The maximum absolute atomic E-state index is 6.07. The molecule has 0 spiro atoms. The van der Waals surface area contributed by atoms with Gasteiger partial charge >= 0.3 is 0 Å². The van der Waals surface area contributed by atoms with Gasteiger partial charge in [0.15, 0.2) is 22.7 Å². The molecular formula is C20H24N2O3S. The minimum atomic E-state index is -0.0629. The molecule has 0 aromatic heterocycles. The monoisotopic (exact) mass is 372 g/mol. The summed E-state index contributed by atoms with van der Waals surface area (Å²) >= 11 is 5.62. The highest BCUT2D eigenvalue weighted by Gasteiger charge is 2.24. The number of methoxy groups -OCH3 is 1. The molecule has 0 amide bonds. The second kappa shape index (κ2) is 8.76. The molecule has 0 fully saturated rings. The number of fused-ring (bicyclic) bond motifs is 1. The molecule has 138 valence electrons. The Hall–Kier alpha value is -2.47. The lowest BCUT2D eigenvalue weighted by atomic mass is 10.2. The van der Waals surface area contributed by atoms with Gasteiger partial charge in [-0.15, -0.1) is 0 Å². The number of nitrogens with zero attached hydrogens (tertiary/aromatic N) is 1. The van der Waals surface area contributed by atoms with Crippen molar-refractivity contribution in [1.82, 2.24) is 4.90 Å². The van der Waals surface area contributed by atoms with Crippen molar-refractivity contribution in [3.63, 3.8) is 0 Å². The fourth-order valence-electron chi connectivity index (χ4n) is 2.82. The molecule has 5 nitrogen and oxygen atoms in total. The molecule has 1 N–H and O–H groups in total. The molecule has 6 heteroatoms. The van der Waals surface area contributed by atoms with E-state index in [2.05, 4.69) is 17.1 Å². The van der Waals surface area contributed by atoms with E-state index >= 15 is 0 Å². The molecule has 0 saturated carbocycles. The number of nitrogens with one attached hydrogen (secondary N) is 1. The van der Waals surface area contributed by atoms with Gasteiger partial charge in [-0.05, 0) is 55.0 Å². The number of para-hydroxylation sites is 2. The van der Waals surface area contributed by atoms with Gasteiger partial charge in [0.2, 0.25) is 0 Å². The zero-order chi connectivity index (χ0) is 18.4. The molecule has 0 bridgehead atoms. The van der Waals surface area contributed by atoms with Gasteiger partial charge in [-0.1, -0.05) is 19.1 Å². The summed E-state index contributed by atoms with van der Waals surface area (Å²) in [6.45, 7) is 4.17. The average Bonchev–Trinajstić information content (AvgIpc) is 2.68. The Kier molecular flexibility index (Phi) is 6.17. The summed E-state index contributed by atoms with van der Waals surface area (Å²) in [7, 11) is 1.65. The third-order valence-corrected chi connectivity index (χ3v) is 4.47. The topological polar surface area (TPSA) is 43.0 Å². The second-order valence-electron chi connectivity index (χ2n) is 6.10. The van der Waals surface area contributed by atoms with Crippen LogP contribution < -0.4 is 19.5 Å². The van der Waals surface area contributed by atoms with Gasteiger partial charge in [-0.25, -0.2) is 0 Å². The van der Waals surface area contributed by atoms with Crippen molar-refractivity contribution in [1.29, 1.82) is 0 Å². The Morgan fingerprint density at radius 1 is 1.19 bits per heavy atom. The standard InChI is InChI=1S/C20H24N2O3S/c1-3-12-22(20(26)21-15-8-10-16(23-2)11-9-15)13-17-14-24-18-6-4-5-7-19(18)25-17/h4-11,17H,3,12-14H2,1-2H3,(H,21,26)/t17-/m0/s1. The van der Waals surface area contributed by atoms with Crippen LogP contribution in [0.15, 0.2) is 48.5 Å². The van der Waals surface area contributed by atoms with Crippen molar-refractivity contribution >= 4 is 23.0 Å². The quantitative estimate of drug-likeness (QED) is 0.775. The van der Waals surface area contributed by atoms with Gasteiger partial charge in [0, 0.05) is 12.2 Å². The van der Waals surface area contributed by atoms with E-state index in [4.69, 9.17) is 26.4 Å². The molecule has 1 atom stereocenters. The van der Waals surface area contributed by atoms with Crippen molar-refractivity contribution in [2.24, 2.45) is 0 Å². The number of ether oxygens (including phenoxy) is 3. The number of benzene rings is 2. The summed E-state index contributed by atoms with van der Waals surface area (Å²) in [6.07, 6.45) is 0.932. The Morgan fingerprint density at radius 3 is 2.62 bits per heavy atom. The maximum atomic E-state index is 6.07. The first-order valence-corrected chi connectivity index (χ1v) is 9.19. The molecule has 0 unspecified atom stereocenters. The van der Waals surface area contributed by atoms with Crippen LogP contribution in [0.3, 0.4) is 0 Å². The average molecular weight is 372 g/mol. The van der Waals surface area contributed by atoms with Crippen molar-refractivity contribution in [2.45, 2.75) is 19.4 Å². The van der Waals surface area contributed by atoms with E-state index in [0.717, 1.165) is 35.9 Å². The summed E-state index contributed by atoms with van der Waals surface area (Å²) in [6, 6.07) is 15.5. The van der Waals surface area contributed by atoms with Crippen LogP contribution in [0.1, 0.15) is 13.3 Å². The van der Waals surface area contributed by atoms with Gasteiger partial charge in [0.1, 0.15) is 12.4 Å². The zero-order valence-electron chi connectivity index (χ0n) is 15.1. The van der Waals surface area contributed by atoms with Crippen LogP contribution in [0.4, 0.5) is 5.69 Å². The van der Waals surface area contributed by atoms with Crippen molar-refractivity contribution in [2.75, 3.05) is 32.1 Å². The van der Waals surface area contributed by atoms with Gasteiger partial charge in [0.25, 0.3) is 0 Å². The van der Waals surface area contributed by atoms with Crippen LogP contribution >= 0.6 is 12.2 Å². The van der Waals surface area contributed by atoms with E-state index in [-0.39, 0.29) is 6.10 Å². The molecule has 0 aliphatic carbocycles. The van der Waals surface area contributed by atoms with Crippen molar-refractivity contribution < 1.29 is 14.2 Å². The lowest BCUT2D eigenvalue weighted by Crippen LogP contribution is -2.45. The molecule has 3 rings (SSSR count). The van der Waals surface area contributed by atoms with Crippen molar-refractivity contribution in [3.05, 3.63) is 48.5 Å². The number of rotatable bonds is 6. The van der Waals surface area contributed by atoms with Gasteiger partial charge in [-0.3, -0.25) is 0 Å². The summed E-state index contributed by atoms with van der Waals surface area (Å²) in [5.74, 6) is 2.40. The molecule has 26 heavy (non-hydrogen) atoms. The van der Waals surface area contributed by atoms with Crippen LogP contribution in [0.5, 0.6) is 17.2 Å². The summed E-state index contributed by atoms with van der Waals surface area (Å²) in [4.78, 5) is 2.13. The highest BCUT2D eigenvalue weighted by Crippen LogP contribution is 2.31. The van der Waals surface area contributed by atoms with Gasteiger partial charge in [-0.2, -0.15) is 0 Å². The molecule has 1 aliphatic heterocycles. The van der Waals surface area contributed by atoms with E-state index < -0.39 is 0 Å². The molecule has 2 aromatic rings. The van der Waals surface area contributed by atoms with Gasteiger partial charge < -0.3 is 24.4 Å². The highest BCUT2D eigenvalue weighted by molar-refractivity contribution is 7.80. The highest BCUT2D eigenvalue weighted by atomic mass is 32.1. The van der Waals surface area contributed by atoms with Crippen LogP contribution in [-0.2, 0) is 0 Å². The van der Waals surface area contributed by atoms with E-state index in [0.29, 0.717) is 18.3 Å². The number of hydrogen-bond donors (Lipinski definition) is 1. The van der Waals surface area contributed by atoms with E-state index in [1.807, 2.05) is 48.5 Å². The molecule has 2 aromatic carbocycles. The predicted octanol–water partition coefficient (Wildman–Crippen LogP) is 3.94. The minimum absolute atomic E-state index is 0.0629. The van der Waals surface area contributed by atoms with Gasteiger partial charge in [0.05, 0.1) is 13.7 Å². The van der Waals surface area contributed by atoms with Crippen molar-refractivity contribution in [3.8, 4) is 17.2 Å². The molecular weight excluding hydrogens is 348 g/mol. The largest absolute Gasteiger partial charge is 0.497 e. The minimum Gasteiger partial charge on any atom is -0.497 e. The fraction of sp³-hybridized carbons (Fsp3) is 0.350. The fourth-order valence-corrected chi connectivity index (χ4v) is 3.11. The maximum Gasteiger partial charge on any atom is 0.173 e. The van der Waals surface area contributed by atoms with Crippen LogP contribution in [0.25, 0.3) is 0 Å². The van der Waals surface area contributed by atoms with E-state index in [1.165, 1.54) is 0 Å². The zero-order valence-corrected chi connectivity index (χ0v) is 15.9. The first-order chi connectivity index (χ1) is 12.7. The SMILES string of the molecule is CCCN(C[C@H]1COc2ccccc2O1)C(=S)Nc1ccc(OC)cc1. The summed E-state index contributed by atoms with van der Waals surface area (Å²) in [5, 5.41) is 3.97. The second-order valence-corrected chi connectivity index (χ2v) is 6.49.